The number of rotatable bonds is 4. The van der Waals surface area contributed by atoms with Crippen molar-refractivity contribution in [2.45, 2.75) is 64.5 Å². The largest absolute Gasteiger partial charge is 0.444 e. The zero-order chi connectivity index (χ0) is 17.0. The van der Waals surface area contributed by atoms with E-state index < -0.39 is 11.7 Å². The molecule has 0 radical (unpaired) electrons. The molecule has 0 unspecified atom stereocenters. The molecule has 1 amide bonds. The number of pyridine rings is 1. The van der Waals surface area contributed by atoms with Crippen molar-refractivity contribution in [3.63, 3.8) is 0 Å². The van der Waals surface area contributed by atoms with Gasteiger partial charge in [0.05, 0.1) is 5.69 Å². The molecule has 0 saturated heterocycles. The Morgan fingerprint density at radius 3 is 2.52 bits per heavy atom. The number of hydrogen-bond donors (Lipinski definition) is 1. The number of carbonyl (C=O) groups excluding carboxylic acids is 1. The minimum Gasteiger partial charge on any atom is -0.444 e. The molecule has 0 aromatic carbocycles. The summed E-state index contributed by atoms with van der Waals surface area (Å²) in [5, 5.41) is 2.74. The number of amides is 1. The van der Waals surface area contributed by atoms with E-state index in [1.807, 2.05) is 40.9 Å². The van der Waals surface area contributed by atoms with Gasteiger partial charge in [0.25, 0.3) is 0 Å². The first-order valence-electron chi connectivity index (χ1n) is 8.39. The Labute approximate surface area is 139 Å². The second kappa shape index (κ2) is 7.30. The zero-order valence-electron chi connectivity index (χ0n) is 15.0. The molecule has 23 heavy (non-hydrogen) atoms. The second-order valence-corrected chi connectivity index (χ2v) is 7.58. The second-order valence-electron chi connectivity index (χ2n) is 7.58. The summed E-state index contributed by atoms with van der Waals surface area (Å²) >= 11 is 0. The highest BCUT2D eigenvalue weighted by molar-refractivity contribution is 5.83. The summed E-state index contributed by atoms with van der Waals surface area (Å²) in [6.07, 6.45) is 4.60. The van der Waals surface area contributed by atoms with Crippen LogP contribution in [-0.4, -0.2) is 35.7 Å². The summed E-state index contributed by atoms with van der Waals surface area (Å²) in [5.41, 5.74) is 1.86. The van der Waals surface area contributed by atoms with Gasteiger partial charge in [0.15, 0.2) is 0 Å². The van der Waals surface area contributed by atoms with Crippen LogP contribution in [0.1, 0.15) is 63.6 Å². The molecule has 5 nitrogen and oxygen atoms in total. The van der Waals surface area contributed by atoms with Crippen LogP contribution in [0.15, 0.2) is 12.1 Å². The maximum absolute atomic E-state index is 11.9. The maximum atomic E-state index is 11.9. The first-order valence-corrected chi connectivity index (χ1v) is 8.39. The van der Waals surface area contributed by atoms with Crippen molar-refractivity contribution in [2.75, 3.05) is 19.4 Å². The maximum Gasteiger partial charge on any atom is 0.413 e. The quantitative estimate of drug-likeness (QED) is 0.906. The summed E-state index contributed by atoms with van der Waals surface area (Å²) in [4.78, 5) is 18.7. The molecule has 0 bridgehead atoms. The predicted octanol–water partition coefficient (Wildman–Crippen LogP) is 4.15. The van der Waals surface area contributed by atoms with Crippen LogP contribution >= 0.6 is 0 Å². The first-order chi connectivity index (χ1) is 10.7. The average molecular weight is 319 g/mol. The third-order valence-corrected chi connectivity index (χ3v) is 3.90. The van der Waals surface area contributed by atoms with Crippen molar-refractivity contribution < 1.29 is 9.53 Å². The predicted molar refractivity (Wildman–Crippen MR) is 92.7 cm³/mol. The number of ether oxygens (including phenoxy) is 1. The molecule has 1 heterocycles. The third kappa shape index (κ3) is 5.50. The number of nitrogens with zero attached hydrogens (tertiary/aromatic N) is 2. The monoisotopic (exact) mass is 319 g/mol. The third-order valence-electron chi connectivity index (χ3n) is 3.90. The molecule has 128 valence electrons. The summed E-state index contributed by atoms with van der Waals surface area (Å²) in [6.45, 7) is 6.32. The Hall–Kier alpha value is -1.62. The molecule has 1 aliphatic carbocycles. The van der Waals surface area contributed by atoms with Crippen molar-refractivity contribution in [3.05, 3.63) is 23.4 Å². The molecular weight excluding hydrogens is 290 g/mol. The average Bonchev–Trinajstić information content (AvgIpc) is 2.89. The molecule has 2 rings (SSSR count). The van der Waals surface area contributed by atoms with E-state index in [-0.39, 0.29) is 0 Å². The molecule has 1 aliphatic rings. The van der Waals surface area contributed by atoms with E-state index in [4.69, 9.17) is 4.74 Å². The van der Waals surface area contributed by atoms with Gasteiger partial charge in [0.2, 0.25) is 0 Å². The van der Waals surface area contributed by atoms with Crippen LogP contribution in [0.25, 0.3) is 0 Å². The number of carbonyl (C=O) groups is 1. The fourth-order valence-corrected chi connectivity index (χ4v) is 3.02. The van der Waals surface area contributed by atoms with Crippen LogP contribution < -0.4 is 5.32 Å². The lowest BCUT2D eigenvalue weighted by molar-refractivity contribution is 0.0635. The van der Waals surface area contributed by atoms with E-state index in [1.54, 1.807) is 0 Å². The van der Waals surface area contributed by atoms with Gasteiger partial charge in [0, 0.05) is 6.54 Å². The van der Waals surface area contributed by atoms with Gasteiger partial charge in [-0.2, -0.15) is 0 Å². The van der Waals surface area contributed by atoms with Crippen LogP contribution in [0.5, 0.6) is 0 Å². The summed E-state index contributed by atoms with van der Waals surface area (Å²) in [7, 11) is 4.07. The minimum atomic E-state index is -0.514. The van der Waals surface area contributed by atoms with E-state index in [0.717, 1.165) is 12.2 Å². The van der Waals surface area contributed by atoms with E-state index in [2.05, 4.69) is 21.3 Å². The van der Waals surface area contributed by atoms with Gasteiger partial charge in [-0.25, -0.2) is 9.78 Å². The SMILES string of the molecule is CN(C)Cc1nc(NC(=O)OC(C)(C)C)ccc1C1CCCC1. The standard InChI is InChI=1S/C18H29N3O2/c1-18(2,3)23-17(22)20-16-11-10-14(13-8-6-7-9-13)15(19-16)12-21(4)5/h10-11,13H,6-9,12H2,1-5H3,(H,19,20,22). The minimum absolute atomic E-state index is 0.464. The molecule has 1 saturated carbocycles. The fourth-order valence-electron chi connectivity index (χ4n) is 3.02. The Kier molecular flexibility index (Phi) is 5.63. The van der Waals surface area contributed by atoms with E-state index in [1.165, 1.54) is 31.2 Å². The summed E-state index contributed by atoms with van der Waals surface area (Å²) in [5.74, 6) is 1.16. The number of anilines is 1. The first kappa shape index (κ1) is 17.7. The Morgan fingerprint density at radius 2 is 1.96 bits per heavy atom. The Morgan fingerprint density at radius 1 is 1.30 bits per heavy atom. The highest BCUT2D eigenvalue weighted by atomic mass is 16.6. The van der Waals surface area contributed by atoms with Crippen molar-refractivity contribution in [1.82, 2.24) is 9.88 Å². The lowest BCUT2D eigenvalue weighted by atomic mass is 9.96. The van der Waals surface area contributed by atoms with Gasteiger partial charge in [-0.1, -0.05) is 18.9 Å². The van der Waals surface area contributed by atoms with E-state index in [0.29, 0.717) is 11.7 Å². The zero-order valence-corrected chi connectivity index (χ0v) is 15.0. The van der Waals surface area contributed by atoms with Crippen LogP contribution in [-0.2, 0) is 11.3 Å². The topological polar surface area (TPSA) is 54.5 Å². The molecule has 1 aromatic heterocycles. The van der Waals surface area contributed by atoms with Gasteiger partial charge in [-0.3, -0.25) is 5.32 Å². The molecular formula is C18H29N3O2. The number of hydrogen-bond acceptors (Lipinski definition) is 4. The van der Waals surface area contributed by atoms with Gasteiger partial charge >= 0.3 is 6.09 Å². The Bertz CT molecular complexity index is 544. The van der Waals surface area contributed by atoms with E-state index in [9.17, 15) is 4.79 Å². The van der Waals surface area contributed by atoms with Crippen LogP contribution in [0.3, 0.4) is 0 Å². The molecule has 5 heteroatoms. The molecule has 1 N–H and O–H groups in total. The van der Waals surface area contributed by atoms with Gasteiger partial charge in [0.1, 0.15) is 11.4 Å². The number of aromatic nitrogens is 1. The van der Waals surface area contributed by atoms with Crippen molar-refractivity contribution in [3.8, 4) is 0 Å². The van der Waals surface area contributed by atoms with Crippen LogP contribution in [0, 0.1) is 0 Å². The lowest BCUT2D eigenvalue weighted by Gasteiger charge is -2.21. The molecule has 0 atom stereocenters. The number of nitrogens with one attached hydrogen (secondary N) is 1. The van der Waals surface area contributed by atoms with Crippen molar-refractivity contribution in [1.29, 1.82) is 0 Å². The molecule has 0 aliphatic heterocycles. The fraction of sp³-hybridized carbons (Fsp3) is 0.667. The lowest BCUT2D eigenvalue weighted by Crippen LogP contribution is -2.27. The van der Waals surface area contributed by atoms with Gasteiger partial charge in [-0.15, -0.1) is 0 Å². The van der Waals surface area contributed by atoms with Gasteiger partial charge in [-0.05, 0) is 65.3 Å². The van der Waals surface area contributed by atoms with Crippen molar-refractivity contribution in [2.24, 2.45) is 0 Å². The highest BCUT2D eigenvalue weighted by Gasteiger charge is 2.22. The van der Waals surface area contributed by atoms with E-state index >= 15 is 0 Å². The molecule has 1 aromatic rings. The Balaban J connectivity index is 2.16. The normalized spacial score (nSPS) is 15.9. The molecule has 0 spiro atoms. The van der Waals surface area contributed by atoms with Crippen LogP contribution in [0.2, 0.25) is 0 Å². The van der Waals surface area contributed by atoms with Crippen LogP contribution in [0.4, 0.5) is 10.6 Å². The highest BCUT2D eigenvalue weighted by Crippen LogP contribution is 2.36. The van der Waals surface area contributed by atoms with Gasteiger partial charge < -0.3 is 9.64 Å². The van der Waals surface area contributed by atoms with Crippen molar-refractivity contribution >= 4 is 11.9 Å². The smallest absolute Gasteiger partial charge is 0.413 e. The molecule has 1 fully saturated rings. The summed E-state index contributed by atoms with van der Waals surface area (Å²) < 4.78 is 5.29. The summed E-state index contributed by atoms with van der Waals surface area (Å²) in [6, 6.07) is 4.01.